The number of fused-ring (bicyclic) bond motifs is 1. The summed E-state index contributed by atoms with van der Waals surface area (Å²) in [7, 11) is -3.43. The van der Waals surface area contributed by atoms with Crippen molar-refractivity contribution in [3.05, 3.63) is 77.6 Å². The smallest absolute Gasteiger partial charge is 0.288 e. The zero-order valence-electron chi connectivity index (χ0n) is 17.2. The van der Waals surface area contributed by atoms with Gasteiger partial charge in [-0.15, -0.1) is 0 Å². The molecule has 11 heteroatoms. The molecule has 166 valence electrons. The summed E-state index contributed by atoms with van der Waals surface area (Å²) >= 11 is 0. The molecule has 0 saturated heterocycles. The van der Waals surface area contributed by atoms with Crippen LogP contribution in [0.2, 0.25) is 0 Å². The average molecular weight is 457 g/mol. The Morgan fingerprint density at radius 2 is 1.78 bits per heavy atom. The van der Waals surface area contributed by atoms with Gasteiger partial charge in [-0.3, -0.25) is 29.3 Å². The van der Waals surface area contributed by atoms with Crippen molar-refractivity contribution in [3.8, 4) is 5.69 Å². The predicted octanol–water partition coefficient (Wildman–Crippen LogP) is 1.80. The number of amides is 2. The van der Waals surface area contributed by atoms with E-state index in [4.69, 9.17) is 0 Å². The number of hydrogen-bond acceptors (Lipinski definition) is 5. The van der Waals surface area contributed by atoms with Crippen LogP contribution < -0.4 is 15.2 Å². The number of carbonyl (C=O) groups is 2. The SMILES string of the molecule is CC1Cc2cc(C(=O)NNC(=O)c3cncn3-c3ccc(F)cc3)ccc2N1S(C)(=O)=O. The summed E-state index contributed by atoms with van der Waals surface area (Å²) in [5.41, 5.74) is 6.91. The lowest BCUT2D eigenvalue weighted by atomic mass is 10.1. The summed E-state index contributed by atoms with van der Waals surface area (Å²) in [4.78, 5) is 29.0. The molecule has 32 heavy (non-hydrogen) atoms. The Hall–Kier alpha value is -3.73. The van der Waals surface area contributed by atoms with Crippen LogP contribution in [0.25, 0.3) is 5.69 Å². The minimum absolute atomic E-state index is 0.142. The molecule has 1 atom stereocenters. The lowest BCUT2D eigenvalue weighted by Crippen LogP contribution is -2.42. The standard InChI is InChI=1S/C21H20FN5O4S/c1-13-9-15-10-14(3-8-18(15)27(13)32(2,30)31)20(28)24-25-21(29)19-11-23-12-26(19)17-6-4-16(22)5-7-17/h3-8,10-13H,9H2,1-2H3,(H,24,28)(H,25,29). The number of benzene rings is 2. The first-order valence-corrected chi connectivity index (χ1v) is 11.5. The number of nitrogens with zero attached hydrogens (tertiary/aromatic N) is 3. The Bertz CT molecular complexity index is 1300. The van der Waals surface area contributed by atoms with E-state index in [-0.39, 0.29) is 17.3 Å². The van der Waals surface area contributed by atoms with E-state index in [0.29, 0.717) is 17.8 Å². The highest BCUT2D eigenvalue weighted by molar-refractivity contribution is 7.92. The minimum Gasteiger partial charge on any atom is -0.295 e. The quantitative estimate of drug-likeness (QED) is 0.580. The van der Waals surface area contributed by atoms with E-state index in [1.807, 2.05) is 0 Å². The van der Waals surface area contributed by atoms with E-state index in [1.54, 1.807) is 19.1 Å². The van der Waals surface area contributed by atoms with Crippen LogP contribution in [0.5, 0.6) is 0 Å². The summed E-state index contributed by atoms with van der Waals surface area (Å²) < 4.78 is 40.0. The molecule has 0 aliphatic carbocycles. The van der Waals surface area contributed by atoms with Gasteiger partial charge in [0, 0.05) is 17.3 Å². The molecule has 1 unspecified atom stereocenters. The molecule has 1 aromatic heterocycles. The Labute approximate surface area is 183 Å². The Kier molecular flexibility index (Phi) is 5.43. The molecule has 2 N–H and O–H groups in total. The molecule has 9 nitrogen and oxygen atoms in total. The second-order valence-corrected chi connectivity index (χ2v) is 9.35. The number of hydrogen-bond donors (Lipinski definition) is 2. The number of hydrazine groups is 1. The van der Waals surface area contributed by atoms with Crippen molar-refractivity contribution in [1.29, 1.82) is 0 Å². The number of anilines is 1. The summed E-state index contributed by atoms with van der Waals surface area (Å²) in [5, 5.41) is 0. The van der Waals surface area contributed by atoms with Crippen molar-refractivity contribution in [2.75, 3.05) is 10.6 Å². The van der Waals surface area contributed by atoms with Crippen LogP contribution in [0, 0.1) is 5.82 Å². The number of imidazole rings is 1. The second kappa shape index (κ2) is 8.08. The minimum atomic E-state index is -3.43. The second-order valence-electron chi connectivity index (χ2n) is 7.49. The van der Waals surface area contributed by atoms with Gasteiger partial charge in [0.05, 0.1) is 24.5 Å². The fourth-order valence-corrected chi connectivity index (χ4v) is 5.03. The third kappa shape index (κ3) is 4.06. The van der Waals surface area contributed by atoms with Crippen LogP contribution in [-0.2, 0) is 16.4 Å². The van der Waals surface area contributed by atoms with Crippen LogP contribution in [0.4, 0.5) is 10.1 Å². The number of nitrogens with one attached hydrogen (secondary N) is 2. The molecule has 0 fully saturated rings. The molecule has 0 saturated carbocycles. The van der Waals surface area contributed by atoms with Crippen LogP contribution in [0.15, 0.2) is 55.0 Å². The normalized spacial score (nSPS) is 15.3. The van der Waals surface area contributed by atoms with E-state index >= 15 is 0 Å². The molecule has 1 aliphatic heterocycles. The van der Waals surface area contributed by atoms with Gasteiger partial charge in [0.25, 0.3) is 11.8 Å². The van der Waals surface area contributed by atoms with Gasteiger partial charge in [-0.25, -0.2) is 17.8 Å². The Morgan fingerprint density at radius 1 is 1.09 bits per heavy atom. The highest BCUT2D eigenvalue weighted by Crippen LogP contribution is 2.34. The van der Waals surface area contributed by atoms with Crippen LogP contribution >= 0.6 is 0 Å². The predicted molar refractivity (Wildman–Crippen MR) is 115 cm³/mol. The monoisotopic (exact) mass is 457 g/mol. The summed E-state index contributed by atoms with van der Waals surface area (Å²) in [5.74, 6) is -1.58. The van der Waals surface area contributed by atoms with E-state index in [9.17, 15) is 22.4 Å². The lowest BCUT2D eigenvalue weighted by Gasteiger charge is -2.21. The highest BCUT2D eigenvalue weighted by atomic mass is 32.2. The molecule has 0 radical (unpaired) electrons. The summed E-state index contributed by atoms with van der Waals surface area (Å²) in [6, 6.07) is 9.97. The molecule has 2 heterocycles. The first-order valence-electron chi connectivity index (χ1n) is 9.66. The van der Waals surface area contributed by atoms with Gasteiger partial charge in [0.2, 0.25) is 10.0 Å². The molecule has 0 bridgehead atoms. The first kappa shape index (κ1) is 21.5. The van der Waals surface area contributed by atoms with E-state index in [2.05, 4.69) is 15.8 Å². The largest absolute Gasteiger partial charge is 0.295 e. The van der Waals surface area contributed by atoms with Gasteiger partial charge in [0.15, 0.2) is 0 Å². The van der Waals surface area contributed by atoms with Gasteiger partial charge in [-0.1, -0.05) is 0 Å². The Morgan fingerprint density at radius 3 is 2.47 bits per heavy atom. The first-order chi connectivity index (χ1) is 15.1. The van der Waals surface area contributed by atoms with E-state index in [1.165, 1.54) is 51.7 Å². The fourth-order valence-electron chi connectivity index (χ4n) is 3.77. The highest BCUT2D eigenvalue weighted by Gasteiger charge is 2.32. The zero-order valence-corrected chi connectivity index (χ0v) is 18.1. The molecule has 2 aromatic carbocycles. The van der Waals surface area contributed by atoms with Crippen molar-refractivity contribution in [2.45, 2.75) is 19.4 Å². The molecular formula is C21H20FN5O4S. The molecule has 1 aliphatic rings. The topological polar surface area (TPSA) is 113 Å². The molecule has 3 aromatic rings. The number of rotatable bonds is 4. The van der Waals surface area contributed by atoms with Crippen LogP contribution in [-0.4, -0.2) is 42.1 Å². The van der Waals surface area contributed by atoms with Crippen molar-refractivity contribution in [3.63, 3.8) is 0 Å². The van der Waals surface area contributed by atoms with Crippen molar-refractivity contribution in [2.24, 2.45) is 0 Å². The third-order valence-electron chi connectivity index (χ3n) is 5.12. The van der Waals surface area contributed by atoms with Crippen molar-refractivity contribution in [1.82, 2.24) is 20.4 Å². The number of sulfonamides is 1. The zero-order chi connectivity index (χ0) is 23.0. The van der Waals surface area contributed by atoms with Gasteiger partial charge >= 0.3 is 0 Å². The lowest BCUT2D eigenvalue weighted by molar-refractivity contribution is 0.0843. The van der Waals surface area contributed by atoms with Crippen LogP contribution in [0.1, 0.15) is 33.3 Å². The average Bonchev–Trinajstić information content (AvgIpc) is 3.35. The molecular weight excluding hydrogens is 437 g/mol. The fraction of sp³-hybridized carbons (Fsp3) is 0.190. The maximum atomic E-state index is 13.2. The third-order valence-corrected chi connectivity index (χ3v) is 6.39. The number of carbonyl (C=O) groups excluding carboxylic acids is 2. The molecule has 4 rings (SSSR count). The van der Waals surface area contributed by atoms with Crippen molar-refractivity contribution < 1.29 is 22.4 Å². The maximum Gasteiger partial charge on any atom is 0.288 e. The van der Waals surface area contributed by atoms with E-state index in [0.717, 1.165) is 11.8 Å². The summed E-state index contributed by atoms with van der Waals surface area (Å²) in [6.07, 6.45) is 4.35. The van der Waals surface area contributed by atoms with Gasteiger partial charge in [0.1, 0.15) is 11.5 Å². The van der Waals surface area contributed by atoms with Crippen LogP contribution in [0.3, 0.4) is 0 Å². The van der Waals surface area contributed by atoms with Crippen molar-refractivity contribution >= 4 is 27.5 Å². The molecule has 2 amide bonds. The molecule has 0 spiro atoms. The number of aromatic nitrogens is 2. The van der Waals surface area contributed by atoms with E-state index < -0.39 is 27.7 Å². The van der Waals surface area contributed by atoms with Gasteiger partial charge in [-0.2, -0.15) is 0 Å². The Balaban J connectivity index is 1.47. The summed E-state index contributed by atoms with van der Waals surface area (Å²) in [6.45, 7) is 1.80. The van der Waals surface area contributed by atoms with Gasteiger partial charge < -0.3 is 0 Å². The number of halogens is 1. The maximum absolute atomic E-state index is 13.2. The van der Waals surface area contributed by atoms with Gasteiger partial charge in [-0.05, 0) is 61.4 Å².